The van der Waals surface area contributed by atoms with E-state index in [1.165, 1.54) is 5.06 Å². The van der Waals surface area contributed by atoms with Crippen LogP contribution in [-0.4, -0.2) is 24.7 Å². The highest BCUT2D eigenvalue weighted by Crippen LogP contribution is 2.27. The first-order valence-corrected chi connectivity index (χ1v) is 7.21. The average Bonchev–Trinajstić information content (AvgIpc) is 2.84. The van der Waals surface area contributed by atoms with Crippen molar-refractivity contribution < 1.29 is 18.9 Å². The summed E-state index contributed by atoms with van der Waals surface area (Å²) in [6, 6.07) is 3.91. The molecule has 0 aromatic carbocycles. The van der Waals surface area contributed by atoms with E-state index in [1.807, 2.05) is 26.0 Å². The van der Waals surface area contributed by atoms with Crippen LogP contribution in [0.2, 0.25) is 0 Å². The number of hydrogen-bond acceptors (Lipinski definition) is 7. The minimum atomic E-state index is -0.189. The Kier molecular flexibility index (Phi) is 7.40. The molecule has 0 N–H and O–H groups in total. The van der Waals surface area contributed by atoms with Crippen molar-refractivity contribution in [3.05, 3.63) is 21.9 Å². The zero-order valence-electron chi connectivity index (χ0n) is 11.3. The molecule has 0 fully saturated rings. The van der Waals surface area contributed by atoms with Gasteiger partial charge in [-0.3, -0.25) is 4.79 Å². The Morgan fingerprint density at radius 3 is 2.89 bits per heavy atom. The summed E-state index contributed by atoms with van der Waals surface area (Å²) < 4.78 is 9.37. The number of rotatable bonds is 8. The van der Waals surface area contributed by atoms with Crippen molar-refractivity contribution in [2.75, 3.05) is 13.7 Å². The van der Waals surface area contributed by atoms with Gasteiger partial charge in [0.1, 0.15) is 0 Å². The zero-order valence-corrected chi connectivity index (χ0v) is 13.0. The quantitative estimate of drug-likeness (QED) is 0.263. The molecule has 7 heteroatoms. The molecule has 1 aromatic rings. The van der Waals surface area contributed by atoms with E-state index < -0.39 is 0 Å². The number of carbonyl (C=O) groups is 1. The van der Waals surface area contributed by atoms with Gasteiger partial charge in [0.25, 0.3) is 0 Å². The Morgan fingerprint density at radius 1 is 1.53 bits per heavy atom. The van der Waals surface area contributed by atoms with Crippen LogP contribution < -0.4 is 0 Å². The maximum atomic E-state index is 11.5. The molecular formula is C12H19NO4S2. The van der Waals surface area contributed by atoms with Gasteiger partial charge in [-0.1, -0.05) is 6.92 Å². The summed E-state index contributed by atoms with van der Waals surface area (Å²) in [5.41, 5.74) is 0. The smallest absolute Gasteiger partial charge is 0.311 e. The van der Waals surface area contributed by atoms with E-state index in [1.54, 1.807) is 18.4 Å². The van der Waals surface area contributed by atoms with E-state index in [0.29, 0.717) is 13.0 Å². The Balaban J connectivity index is 2.54. The van der Waals surface area contributed by atoms with Gasteiger partial charge >= 0.3 is 5.97 Å². The Morgan fingerprint density at radius 2 is 2.26 bits per heavy atom. The van der Waals surface area contributed by atoms with Gasteiger partial charge in [-0.25, -0.2) is 0 Å². The molecule has 108 valence electrons. The first kappa shape index (κ1) is 16.5. The van der Waals surface area contributed by atoms with Gasteiger partial charge < -0.3 is 4.74 Å². The molecule has 1 rings (SSSR count). The molecule has 0 aliphatic rings. The minimum Gasteiger partial charge on any atom is -0.465 e. The topological polar surface area (TPSA) is 48.0 Å². The van der Waals surface area contributed by atoms with Crippen LogP contribution >= 0.6 is 24.2 Å². The molecule has 0 bridgehead atoms. The van der Waals surface area contributed by atoms with E-state index in [4.69, 9.17) is 9.73 Å². The molecule has 19 heavy (non-hydrogen) atoms. The zero-order chi connectivity index (χ0) is 14.3. The summed E-state index contributed by atoms with van der Waals surface area (Å²) in [6.45, 7) is 4.42. The number of hydrogen-bond donors (Lipinski definition) is 1. The fourth-order valence-corrected chi connectivity index (χ4v) is 2.61. The predicted molar refractivity (Wildman–Crippen MR) is 76.6 cm³/mol. The monoisotopic (exact) mass is 305 g/mol. The van der Waals surface area contributed by atoms with Crippen LogP contribution in [0.5, 0.6) is 0 Å². The maximum Gasteiger partial charge on any atom is 0.311 e. The minimum absolute atomic E-state index is 0.0116. The van der Waals surface area contributed by atoms with Crippen LogP contribution in [0, 0.1) is 0 Å². The Hall–Kier alpha value is -0.600. The lowest BCUT2D eigenvalue weighted by Gasteiger charge is -2.19. The molecule has 0 spiro atoms. The number of thiol groups is 1. The summed E-state index contributed by atoms with van der Waals surface area (Å²) >= 11 is 5.08. The van der Waals surface area contributed by atoms with Crippen LogP contribution in [0.3, 0.4) is 0 Å². The molecule has 5 nitrogen and oxygen atoms in total. The SMILES string of the molecule is CCCOC(=O)Cc1ccc(C(C)N(C)OOS)s1. The van der Waals surface area contributed by atoms with Crippen molar-refractivity contribution in [3.63, 3.8) is 0 Å². The second kappa shape index (κ2) is 8.55. The highest BCUT2D eigenvalue weighted by atomic mass is 32.1. The van der Waals surface area contributed by atoms with Gasteiger partial charge in [0, 0.05) is 29.7 Å². The van der Waals surface area contributed by atoms with Gasteiger partial charge in [-0.05, 0) is 25.5 Å². The van der Waals surface area contributed by atoms with E-state index >= 15 is 0 Å². The summed E-state index contributed by atoms with van der Waals surface area (Å²) in [4.78, 5) is 18.4. The highest BCUT2D eigenvalue weighted by molar-refractivity contribution is 7.74. The molecule has 1 aromatic heterocycles. The van der Waals surface area contributed by atoms with Gasteiger partial charge in [0.15, 0.2) is 0 Å². The summed E-state index contributed by atoms with van der Waals surface area (Å²) in [5.74, 6) is -0.189. The van der Waals surface area contributed by atoms with Gasteiger partial charge in [0.2, 0.25) is 0 Å². The summed E-state index contributed by atoms with van der Waals surface area (Å²) in [6.07, 6.45) is 1.15. The van der Waals surface area contributed by atoms with Crippen molar-refractivity contribution >= 4 is 30.2 Å². The molecular weight excluding hydrogens is 286 g/mol. The predicted octanol–water partition coefficient (Wildman–Crippen LogP) is 2.94. The number of thiophene rings is 1. The fourth-order valence-electron chi connectivity index (χ4n) is 1.42. The van der Waals surface area contributed by atoms with E-state index in [2.05, 4.69) is 17.2 Å². The second-order valence-electron chi connectivity index (χ2n) is 4.07. The third-order valence-corrected chi connectivity index (χ3v) is 3.90. The summed E-state index contributed by atoms with van der Waals surface area (Å²) in [5, 5.41) is 1.54. The second-order valence-corrected chi connectivity index (χ2v) is 5.42. The van der Waals surface area contributed by atoms with Crippen molar-refractivity contribution in [1.82, 2.24) is 5.06 Å². The molecule has 0 saturated heterocycles. The number of nitrogens with zero attached hydrogens (tertiary/aromatic N) is 1. The summed E-state index contributed by atoms with van der Waals surface area (Å²) in [7, 11) is 1.75. The molecule has 0 aliphatic carbocycles. The fraction of sp³-hybridized carbons (Fsp3) is 0.583. The Labute approximate surface area is 123 Å². The highest BCUT2D eigenvalue weighted by Gasteiger charge is 2.16. The normalized spacial score (nSPS) is 12.7. The molecule has 0 aliphatic heterocycles. The standard InChI is InChI=1S/C12H19NO4S2/c1-4-7-15-12(14)8-10-5-6-11(19-10)9(2)13(3)16-17-18/h5-6,9,18H,4,7-8H2,1-3H3. The lowest BCUT2D eigenvalue weighted by molar-refractivity contribution is -0.361. The first-order chi connectivity index (χ1) is 9.08. The average molecular weight is 305 g/mol. The molecule has 0 saturated carbocycles. The van der Waals surface area contributed by atoms with Gasteiger partial charge in [0.05, 0.1) is 19.1 Å². The van der Waals surface area contributed by atoms with Crippen molar-refractivity contribution in [2.45, 2.75) is 32.7 Å². The lowest BCUT2D eigenvalue weighted by Crippen LogP contribution is -2.20. The van der Waals surface area contributed by atoms with Crippen LogP contribution in [0.15, 0.2) is 12.1 Å². The number of esters is 1. The molecule has 1 heterocycles. The van der Waals surface area contributed by atoms with E-state index in [9.17, 15) is 4.79 Å². The van der Waals surface area contributed by atoms with Crippen LogP contribution in [0.1, 0.15) is 36.1 Å². The van der Waals surface area contributed by atoms with Crippen molar-refractivity contribution in [1.29, 1.82) is 0 Å². The van der Waals surface area contributed by atoms with Crippen LogP contribution in [0.4, 0.5) is 0 Å². The van der Waals surface area contributed by atoms with Gasteiger partial charge in [-0.2, -0.15) is 5.06 Å². The first-order valence-electron chi connectivity index (χ1n) is 6.03. The number of ether oxygens (including phenoxy) is 1. The Bertz CT molecular complexity index is 397. The molecule has 0 amide bonds. The van der Waals surface area contributed by atoms with Crippen LogP contribution in [-0.2, 0) is 25.3 Å². The lowest BCUT2D eigenvalue weighted by atomic mass is 10.2. The van der Waals surface area contributed by atoms with Crippen LogP contribution in [0.25, 0.3) is 0 Å². The third-order valence-electron chi connectivity index (χ3n) is 2.58. The van der Waals surface area contributed by atoms with Gasteiger partial charge in [-0.15, -0.1) is 20.7 Å². The largest absolute Gasteiger partial charge is 0.465 e. The number of hydroxylamine groups is 2. The maximum absolute atomic E-state index is 11.5. The van der Waals surface area contributed by atoms with E-state index in [0.717, 1.165) is 16.2 Å². The molecule has 1 atom stereocenters. The van der Waals surface area contributed by atoms with Crippen molar-refractivity contribution in [2.24, 2.45) is 0 Å². The van der Waals surface area contributed by atoms with E-state index in [-0.39, 0.29) is 12.0 Å². The van der Waals surface area contributed by atoms with Crippen molar-refractivity contribution in [3.8, 4) is 0 Å². The molecule has 0 radical (unpaired) electrons. The number of carbonyl (C=O) groups excluding carboxylic acids is 1. The molecule has 1 unspecified atom stereocenters. The third kappa shape index (κ3) is 5.50.